The van der Waals surface area contributed by atoms with E-state index in [0.717, 1.165) is 11.3 Å². The molecule has 0 bridgehead atoms. The molecule has 0 saturated carbocycles. The van der Waals surface area contributed by atoms with Gasteiger partial charge in [0.05, 0.1) is 10.6 Å². The fourth-order valence-electron chi connectivity index (χ4n) is 2.56. The Morgan fingerprint density at radius 1 is 1.14 bits per heavy atom. The molecule has 3 rings (SSSR count). The van der Waals surface area contributed by atoms with Gasteiger partial charge in [0.1, 0.15) is 5.82 Å². The van der Waals surface area contributed by atoms with Gasteiger partial charge in [-0.3, -0.25) is 4.79 Å². The molecule has 0 aliphatic heterocycles. The Kier molecular flexibility index (Phi) is 5.78. The second-order valence-electron chi connectivity index (χ2n) is 6.07. The van der Waals surface area contributed by atoms with Crippen LogP contribution in [0.4, 0.5) is 0 Å². The minimum atomic E-state index is -3.71. The Morgan fingerprint density at radius 2 is 1.79 bits per heavy atom. The first-order valence-electron chi connectivity index (χ1n) is 8.33. The van der Waals surface area contributed by atoms with Crippen LogP contribution in [0.1, 0.15) is 22.0 Å². The highest BCUT2D eigenvalue weighted by molar-refractivity contribution is 7.89. The van der Waals surface area contributed by atoms with Crippen LogP contribution < -0.4 is 10.5 Å². The molecule has 28 heavy (non-hydrogen) atoms. The summed E-state index contributed by atoms with van der Waals surface area (Å²) >= 11 is 5.89. The zero-order valence-electron chi connectivity index (χ0n) is 15.0. The number of rotatable bonds is 6. The van der Waals surface area contributed by atoms with Gasteiger partial charge in [0.2, 0.25) is 15.8 Å². The molecule has 0 fully saturated rings. The summed E-state index contributed by atoms with van der Waals surface area (Å²) in [5.41, 5.74) is 1.62. The molecule has 2 aromatic carbocycles. The van der Waals surface area contributed by atoms with Crippen LogP contribution in [-0.2, 0) is 16.4 Å². The van der Waals surface area contributed by atoms with Crippen molar-refractivity contribution in [3.63, 3.8) is 0 Å². The van der Waals surface area contributed by atoms with E-state index in [4.69, 9.17) is 16.7 Å². The number of sulfonamides is 1. The predicted octanol–water partition coefficient (Wildman–Crippen LogP) is 1.85. The molecule has 3 N–H and O–H groups in total. The van der Waals surface area contributed by atoms with Gasteiger partial charge in [-0.25, -0.2) is 23.2 Å². The molecule has 0 aliphatic rings. The number of nitrogens with one attached hydrogen (secondary N) is 1. The van der Waals surface area contributed by atoms with E-state index >= 15 is 0 Å². The fourth-order valence-corrected chi connectivity index (χ4v) is 3.20. The highest BCUT2D eigenvalue weighted by atomic mass is 35.5. The number of benzene rings is 2. The van der Waals surface area contributed by atoms with Gasteiger partial charge in [-0.15, -0.1) is 5.10 Å². The summed E-state index contributed by atoms with van der Waals surface area (Å²) in [5, 5.41) is 12.7. The van der Waals surface area contributed by atoms with Crippen molar-refractivity contribution in [1.29, 1.82) is 0 Å². The summed E-state index contributed by atoms with van der Waals surface area (Å²) in [7, 11) is -3.71. The smallest absolute Gasteiger partial charge is 0.290 e. The second kappa shape index (κ2) is 8.09. The van der Waals surface area contributed by atoms with Crippen LogP contribution in [-0.4, -0.2) is 35.6 Å². The minimum Gasteiger partial charge on any atom is -0.349 e. The number of hydrogen-bond acceptors (Lipinski definition) is 5. The summed E-state index contributed by atoms with van der Waals surface area (Å²) in [5.74, 6) is 0.250. The zero-order chi connectivity index (χ0) is 20.3. The van der Waals surface area contributed by atoms with Gasteiger partial charge in [0, 0.05) is 11.6 Å². The summed E-state index contributed by atoms with van der Waals surface area (Å²) in [6.07, 6.45) is 0.521. The first-order chi connectivity index (χ1) is 13.2. The first-order valence-corrected chi connectivity index (χ1v) is 10.3. The van der Waals surface area contributed by atoms with Crippen molar-refractivity contribution in [2.24, 2.45) is 5.14 Å². The topological polar surface area (TPSA) is 120 Å². The van der Waals surface area contributed by atoms with Crippen LogP contribution in [0, 0.1) is 6.92 Å². The average Bonchev–Trinajstić information content (AvgIpc) is 3.04. The maximum Gasteiger partial charge on any atom is 0.290 e. The summed E-state index contributed by atoms with van der Waals surface area (Å²) in [6.45, 7) is 2.10. The number of nitrogens with zero attached hydrogens (tertiary/aromatic N) is 3. The van der Waals surface area contributed by atoms with Crippen molar-refractivity contribution in [2.45, 2.75) is 18.2 Å². The van der Waals surface area contributed by atoms with Crippen LogP contribution >= 0.6 is 11.6 Å². The lowest BCUT2D eigenvalue weighted by Gasteiger charge is -2.04. The van der Waals surface area contributed by atoms with Gasteiger partial charge in [-0.2, -0.15) is 0 Å². The number of hydrogen-bond donors (Lipinski definition) is 2. The van der Waals surface area contributed by atoms with E-state index in [2.05, 4.69) is 15.4 Å². The highest BCUT2D eigenvalue weighted by Crippen LogP contribution is 2.14. The molecule has 0 aliphatic carbocycles. The quantitative estimate of drug-likeness (QED) is 0.631. The molecule has 0 unspecified atom stereocenters. The number of carbonyl (C=O) groups is 1. The number of aryl methyl sites for hydroxylation is 1. The maximum atomic E-state index is 12.3. The van der Waals surface area contributed by atoms with Crippen molar-refractivity contribution in [3.8, 4) is 5.69 Å². The number of primary sulfonamides is 1. The predicted molar refractivity (Wildman–Crippen MR) is 105 cm³/mol. The fraction of sp³-hybridized carbons (Fsp3) is 0.167. The first kappa shape index (κ1) is 20.0. The van der Waals surface area contributed by atoms with Gasteiger partial charge in [-0.05, 0) is 55.3 Å². The van der Waals surface area contributed by atoms with Gasteiger partial charge >= 0.3 is 0 Å². The largest absolute Gasteiger partial charge is 0.349 e. The molecule has 8 nitrogen and oxygen atoms in total. The number of aromatic nitrogens is 3. The third-order valence-corrected chi connectivity index (χ3v) is 5.18. The summed E-state index contributed by atoms with van der Waals surface area (Å²) in [4.78, 5) is 16.6. The molecule has 0 spiro atoms. The lowest BCUT2D eigenvalue weighted by Crippen LogP contribution is -2.27. The van der Waals surface area contributed by atoms with Gasteiger partial charge in [0.15, 0.2) is 0 Å². The van der Waals surface area contributed by atoms with Gasteiger partial charge in [0.25, 0.3) is 5.91 Å². The third-order valence-electron chi connectivity index (χ3n) is 3.99. The van der Waals surface area contributed by atoms with E-state index in [9.17, 15) is 13.2 Å². The molecular formula is C18H18ClN5O3S. The second-order valence-corrected chi connectivity index (χ2v) is 8.06. The SMILES string of the molecule is Cc1nc(C(=O)NCCc2ccc(S(N)(=O)=O)cc2)nn1-c1ccc(Cl)cc1. The van der Waals surface area contributed by atoms with Crippen LogP contribution in [0.25, 0.3) is 5.69 Å². The Morgan fingerprint density at radius 3 is 2.39 bits per heavy atom. The molecular weight excluding hydrogens is 402 g/mol. The summed E-state index contributed by atoms with van der Waals surface area (Å²) in [6, 6.07) is 13.2. The van der Waals surface area contributed by atoms with Crippen LogP contribution in [0.15, 0.2) is 53.4 Å². The Bertz CT molecular complexity index is 1090. The Hall–Kier alpha value is -2.75. The molecule has 1 heterocycles. The number of amides is 1. The van der Waals surface area contributed by atoms with E-state index in [1.54, 1.807) is 48.0 Å². The van der Waals surface area contributed by atoms with Crippen LogP contribution in [0.3, 0.4) is 0 Å². The van der Waals surface area contributed by atoms with Gasteiger partial charge in [-0.1, -0.05) is 23.7 Å². The van der Waals surface area contributed by atoms with E-state index in [-0.39, 0.29) is 10.7 Å². The molecule has 0 atom stereocenters. The zero-order valence-corrected chi connectivity index (χ0v) is 16.5. The van der Waals surface area contributed by atoms with Crippen molar-refractivity contribution >= 4 is 27.5 Å². The van der Waals surface area contributed by atoms with Gasteiger partial charge < -0.3 is 5.32 Å². The summed E-state index contributed by atoms with van der Waals surface area (Å²) < 4.78 is 24.1. The lowest BCUT2D eigenvalue weighted by atomic mass is 10.1. The normalized spacial score (nSPS) is 11.4. The van der Waals surface area contributed by atoms with Crippen LogP contribution in [0.2, 0.25) is 5.02 Å². The standard InChI is InChI=1S/C18H18ClN5O3S/c1-12-22-17(23-24(12)15-6-4-14(19)5-7-15)18(25)21-11-10-13-2-8-16(9-3-13)28(20,26)27/h2-9H,10-11H2,1H3,(H,21,25)(H2,20,26,27). The average molecular weight is 420 g/mol. The van der Waals surface area contributed by atoms with Crippen LogP contribution in [0.5, 0.6) is 0 Å². The Balaban J connectivity index is 1.61. The third kappa shape index (κ3) is 4.75. The number of carbonyl (C=O) groups excluding carboxylic acids is 1. The molecule has 1 amide bonds. The monoisotopic (exact) mass is 419 g/mol. The molecule has 1 aromatic heterocycles. The molecule has 10 heteroatoms. The molecule has 0 saturated heterocycles. The Labute approximate surface area is 167 Å². The highest BCUT2D eigenvalue weighted by Gasteiger charge is 2.15. The van der Waals surface area contributed by atoms with Crippen molar-refractivity contribution in [2.75, 3.05) is 6.54 Å². The van der Waals surface area contributed by atoms with E-state index in [1.807, 2.05) is 0 Å². The lowest BCUT2D eigenvalue weighted by molar-refractivity contribution is 0.0944. The molecule has 3 aromatic rings. The van der Waals surface area contributed by atoms with Crippen molar-refractivity contribution in [3.05, 3.63) is 70.8 Å². The molecule has 146 valence electrons. The number of nitrogens with two attached hydrogens (primary N) is 1. The molecule has 0 radical (unpaired) electrons. The maximum absolute atomic E-state index is 12.3. The van der Waals surface area contributed by atoms with E-state index in [1.165, 1.54) is 12.1 Å². The van der Waals surface area contributed by atoms with E-state index < -0.39 is 15.9 Å². The van der Waals surface area contributed by atoms with Crippen molar-refractivity contribution < 1.29 is 13.2 Å². The number of halogens is 1. The van der Waals surface area contributed by atoms with E-state index in [0.29, 0.717) is 23.8 Å². The van der Waals surface area contributed by atoms with Crippen molar-refractivity contribution in [1.82, 2.24) is 20.1 Å². The minimum absolute atomic E-state index is 0.0488.